The minimum atomic E-state index is -0.189. The topological polar surface area (TPSA) is 61.7 Å². The summed E-state index contributed by atoms with van der Waals surface area (Å²) in [5.74, 6) is 2.45. The monoisotopic (exact) mass is 376 g/mol. The maximum Gasteiger partial charge on any atom is 0.246 e. The molecule has 4 fully saturated rings. The maximum absolute atomic E-state index is 12.7. The fraction of sp³-hybridized carbons (Fsp3) is 0.556. The van der Waals surface area contributed by atoms with E-state index < -0.39 is 0 Å². The number of nitrogens with zero attached hydrogens (tertiary/aromatic N) is 1. The van der Waals surface area contributed by atoms with Gasteiger partial charge in [-0.15, -0.1) is 0 Å². The van der Waals surface area contributed by atoms with Crippen molar-refractivity contribution in [2.75, 3.05) is 0 Å². The minimum Gasteiger partial charge on any atom is -0.507 e. The molecule has 0 spiro atoms. The first-order valence-electron chi connectivity index (χ1n) is 8.36. The summed E-state index contributed by atoms with van der Waals surface area (Å²) < 4.78 is 0.865. The third-order valence-electron chi connectivity index (χ3n) is 5.88. The van der Waals surface area contributed by atoms with Gasteiger partial charge in [-0.2, -0.15) is 5.10 Å². The first kappa shape index (κ1) is 15.2. The first-order chi connectivity index (χ1) is 11.0. The zero-order valence-corrected chi connectivity index (χ0v) is 14.6. The van der Waals surface area contributed by atoms with Gasteiger partial charge in [0.25, 0.3) is 0 Å². The number of carbonyl (C=O) groups excluding carboxylic acids is 1. The van der Waals surface area contributed by atoms with Gasteiger partial charge in [-0.25, -0.2) is 5.43 Å². The zero-order chi connectivity index (χ0) is 16.0. The van der Waals surface area contributed by atoms with E-state index in [9.17, 15) is 9.90 Å². The average molecular weight is 377 g/mol. The number of phenols is 1. The summed E-state index contributed by atoms with van der Waals surface area (Å²) in [6.45, 7) is 0. The van der Waals surface area contributed by atoms with Crippen molar-refractivity contribution >= 4 is 28.1 Å². The Kier molecular flexibility index (Phi) is 3.71. The summed E-state index contributed by atoms with van der Waals surface area (Å²) in [6.07, 6.45) is 8.57. The molecular weight excluding hydrogens is 356 g/mol. The average Bonchev–Trinajstić information content (AvgIpc) is 2.49. The lowest BCUT2D eigenvalue weighted by atomic mass is 9.49. The quantitative estimate of drug-likeness (QED) is 0.622. The number of nitrogens with one attached hydrogen (secondary N) is 1. The standard InChI is InChI=1S/C18H21BrN2O2/c19-15-1-2-16(22)14(6-15)10-20-21-17(23)18-7-11-3-12(8-18)5-13(4-11)9-18/h1-2,6,10-13,22H,3-5,7-9H2,(H,21,23)/b20-10+. The van der Waals surface area contributed by atoms with E-state index in [-0.39, 0.29) is 17.1 Å². The smallest absolute Gasteiger partial charge is 0.246 e. The van der Waals surface area contributed by atoms with Crippen LogP contribution in [-0.2, 0) is 4.79 Å². The van der Waals surface area contributed by atoms with Crippen LogP contribution in [0.25, 0.3) is 0 Å². The Hall–Kier alpha value is -1.36. The number of halogens is 1. The largest absolute Gasteiger partial charge is 0.507 e. The Bertz CT molecular complexity index is 636. The van der Waals surface area contributed by atoms with E-state index in [2.05, 4.69) is 26.5 Å². The molecule has 4 nitrogen and oxygen atoms in total. The molecule has 0 unspecified atom stereocenters. The van der Waals surface area contributed by atoms with E-state index in [0.29, 0.717) is 5.56 Å². The predicted octanol–water partition coefficient (Wildman–Crippen LogP) is 3.82. The van der Waals surface area contributed by atoms with E-state index in [0.717, 1.165) is 41.5 Å². The number of hydrazone groups is 1. The zero-order valence-electron chi connectivity index (χ0n) is 13.0. The van der Waals surface area contributed by atoms with Crippen LogP contribution in [0.4, 0.5) is 0 Å². The highest BCUT2D eigenvalue weighted by atomic mass is 79.9. The lowest BCUT2D eigenvalue weighted by Gasteiger charge is -2.55. The molecule has 0 heterocycles. The second-order valence-electron chi connectivity index (χ2n) is 7.60. The van der Waals surface area contributed by atoms with Gasteiger partial charge in [-0.3, -0.25) is 4.79 Å². The molecule has 1 aromatic rings. The van der Waals surface area contributed by atoms with Crippen molar-refractivity contribution < 1.29 is 9.90 Å². The number of amides is 1. The summed E-state index contributed by atoms with van der Waals surface area (Å²) in [5, 5.41) is 13.9. The van der Waals surface area contributed by atoms with Crippen LogP contribution in [0.1, 0.15) is 44.1 Å². The van der Waals surface area contributed by atoms with Gasteiger partial charge >= 0.3 is 0 Å². The van der Waals surface area contributed by atoms with Crippen molar-refractivity contribution in [3.63, 3.8) is 0 Å². The van der Waals surface area contributed by atoms with Crippen molar-refractivity contribution in [1.29, 1.82) is 0 Å². The summed E-state index contributed by atoms with van der Waals surface area (Å²) in [6, 6.07) is 5.14. The van der Waals surface area contributed by atoms with Crippen LogP contribution in [-0.4, -0.2) is 17.2 Å². The van der Waals surface area contributed by atoms with Crippen LogP contribution in [0.3, 0.4) is 0 Å². The van der Waals surface area contributed by atoms with E-state index in [1.54, 1.807) is 18.2 Å². The van der Waals surface area contributed by atoms with Crippen LogP contribution >= 0.6 is 15.9 Å². The molecule has 5 heteroatoms. The molecule has 4 aliphatic rings. The van der Waals surface area contributed by atoms with Crippen molar-refractivity contribution in [1.82, 2.24) is 5.43 Å². The van der Waals surface area contributed by atoms with Gasteiger partial charge in [-0.1, -0.05) is 15.9 Å². The van der Waals surface area contributed by atoms with Gasteiger partial charge in [0, 0.05) is 10.0 Å². The molecule has 4 bridgehead atoms. The van der Waals surface area contributed by atoms with E-state index in [1.807, 2.05) is 0 Å². The Labute approximate surface area is 144 Å². The van der Waals surface area contributed by atoms with Gasteiger partial charge < -0.3 is 5.11 Å². The van der Waals surface area contributed by atoms with Gasteiger partial charge in [0.15, 0.2) is 0 Å². The molecule has 5 rings (SSSR count). The lowest BCUT2D eigenvalue weighted by Crippen LogP contribution is -2.52. The number of rotatable bonds is 3. The number of hydrogen-bond acceptors (Lipinski definition) is 3. The number of hydrogen-bond donors (Lipinski definition) is 2. The lowest BCUT2D eigenvalue weighted by molar-refractivity contribution is -0.146. The molecule has 122 valence electrons. The molecule has 1 aromatic carbocycles. The maximum atomic E-state index is 12.7. The number of aromatic hydroxyl groups is 1. The van der Waals surface area contributed by atoms with Gasteiger partial charge in [0.2, 0.25) is 5.91 Å². The highest BCUT2D eigenvalue weighted by Gasteiger charge is 2.54. The number of carbonyl (C=O) groups is 1. The fourth-order valence-electron chi connectivity index (χ4n) is 5.30. The van der Waals surface area contributed by atoms with Crippen molar-refractivity contribution in [2.45, 2.75) is 38.5 Å². The highest BCUT2D eigenvalue weighted by molar-refractivity contribution is 9.10. The Morgan fingerprint density at radius 2 is 1.83 bits per heavy atom. The van der Waals surface area contributed by atoms with Crippen molar-refractivity contribution in [3.8, 4) is 5.75 Å². The second-order valence-corrected chi connectivity index (χ2v) is 8.52. The summed E-state index contributed by atoms with van der Waals surface area (Å²) >= 11 is 3.36. The SMILES string of the molecule is O=C(N/N=C/c1cc(Br)ccc1O)C12CC3CC(CC(C3)C1)C2. The normalized spacial score (nSPS) is 34.9. The predicted molar refractivity (Wildman–Crippen MR) is 92.1 cm³/mol. The molecular formula is C18H21BrN2O2. The molecule has 0 atom stereocenters. The first-order valence-corrected chi connectivity index (χ1v) is 9.15. The van der Waals surface area contributed by atoms with Gasteiger partial charge in [0.05, 0.1) is 11.6 Å². The third-order valence-corrected chi connectivity index (χ3v) is 6.37. The number of phenolic OH excluding ortho intramolecular Hbond substituents is 1. The molecule has 0 aliphatic heterocycles. The van der Waals surface area contributed by atoms with E-state index >= 15 is 0 Å². The molecule has 0 radical (unpaired) electrons. The fourth-order valence-corrected chi connectivity index (χ4v) is 5.68. The van der Waals surface area contributed by atoms with Crippen LogP contribution in [0.2, 0.25) is 0 Å². The minimum absolute atomic E-state index is 0.0716. The molecule has 4 aliphatic carbocycles. The number of benzene rings is 1. The summed E-state index contributed by atoms with van der Waals surface area (Å²) in [4.78, 5) is 12.7. The highest BCUT2D eigenvalue weighted by Crippen LogP contribution is 2.60. The van der Waals surface area contributed by atoms with Gasteiger partial charge in [-0.05, 0) is 74.5 Å². The van der Waals surface area contributed by atoms with E-state index in [1.165, 1.54) is 25.5 Å². The Balaban J connectivity index is 1.46. The Morgan fingerprint density at radius 1 is 1.22 bits per heavy atom. The molecule has 1 amide bonds. The molecule has 23 heavy (non-hydrogen) atoms. The molecule has 0 saturated heterocycles. The van der Waals surface area contributed by atoms with Crippen molar-refractivity contribution in [2.24, 2.45) is 28.3 Å². The van der Waals surface area contributed by atoms with Crippen LogP contribution in [0, 0.1) is 23.2 Å². The van der Waals surface area contributed by atoms with Gasteiger partial charge in [0.1, 0.15) is 5.75 Å². The summed E-state index contributed by atoms with van der Waals surface area (Å²) in [5.41, 5.74) is 3.14. The third kappa shape index (κ3) is 2.80. The van der Waals surface area contributed by atoms with Crippen LogP contribution < -0.4 is 5.43 Å². The summed E-state index contributed by atoms with van der Waals surface area (Å²) in [7, 11) is 0. The van der Waals surface area contributed by atoms with Crippen LogP contribution in [0.15, 0.2) is 27.8 Å². The molecule has 0 aromatic heterocycles. The molecule has 2 N–H and O–H groups in total. The van der Waals surface area contributed by atoms with Crippen LogP contribution in [0.5, 0.6) is 5.75 Å². The van der Waals surface area contributed by atoms with E-state index in [4.69, 9.17) is 0 Å². The second kappa shape index (κ2) is 5.62. The molecule has 4 saturated carbocycles. The Morgan fingerprint density at radius 3 is 2.43 bits per heavy atom. The van der Waals surface area contributed by atoms with Crippen molar-refractivity contribution in [3.05, 3.63) is 28.2 Å².